The van der Waals surface area contributed by atoms with E-state index in [1.54, 1.807) is 0 Å². The molecule has 0 radical (unpaired) electrons. The summed E-state index contributed by atoms with van der Waals surface area (Å²) in [5.74, 6) is -0.142. The van der Waals surface area contributed by atoms with E-state index in [2.05, 4.69) is 18.1 Å². The number of esters is 1. The first kappa shape index (κ1) is 14.3. The van der Waals surface area contributed by atoms with Crippen molar-refractivity contribution in [3.63, 3.8) is 0 Å². The number of hydrogen-bond donors (Lipinski definition) is 0. The van der Waals surface area contributed by atoms with Gasteiger partial charge in [-0.05, 0) is 49.9 Å². The average molecular weight is 272 g/mol. The van der Waals surface area contributed by atoms with Gasteiger partial charge in [0.25, 0.3) is 0 Å². The number of aryl methyl sites for hydroxylation is 3. The lowest BCUT2D eigenvalue weighted by atomic mass is 10.1. The van der Waals surface area contributed by atoms with Crippen LogP contribution < -0.4 is 0 Å². The van der Waals surface area contributed by atoms with Crippen LogP contribution in [-0.2, 0) is 16.0 Å². The summed E-state index contributed by atoms with van der Waals surface area (Å²) >= 11 is 0. The molecular formula is C16H20N2O2. The molecule has 20 heavy (non-hydrogen) atoms. The van der Waals surface area contributed by atoms with E-state index in [0.29, 0.717) is 19.4 Å². The molecule has 4 heteroatoms. The third-order valence-electron chi connectivity index (χ3n) is 3.14. The van der Waals surface area contributed by atoms with E-state index in [1.165, 1.54) is 0 Å². The highest BCUT2D eigenvalue weighted by Crippen LogP contribution is 2.17. The summed E-state index contributed by atoms with van der Waals surface area (Å²) < 4.78 is 6.81. The van der Waals surface area contributed by atoms with Crippen LogP contribution >= 0.6 is 0 Å². The average Bonchev–Trinajstić information content (AvgIpc) is 2.83. The highest BCUT2D eigenvalue weighted by molar-refractivity contribution is 5.69. The molecule has 0 saturated carbocycles. The van der Waals surface area contributed by atoms with Crippen molar-refractivity contribution in [1.82, 2.24) is 9.78 Å². The molecule has 1 aromatic carbocycles. The van der Waals surface area contributed by atoms with E-state index in [9.17, 15) is 4.79 Å². The minimum absolute atomic E-state index is 0.142. The van der Waals surface area contributed by atoms with Gasteiger partial charge in [-0.15, -0.1) is 0 Å². The fourth-order valence-electron chi connectivity index (χ4n) is 2.15. The van der Waals surface area contributed by atoms with Gasteiger partial charge >= 0.3 is 5.97 Å². The Morgan fingerprint density at radius 2 is 2.15 bits per heavy atom. The van der Waals surface area contributed by atoms with Crippen LogP contribution in [-0.4, -0.2) is 22.4 Å². The van der Waals surface area contributed by atoms with Crippen LogP contribution in [0, 0.1) is 13.8 Å². The van der Waals surface area contributed by atoms with Crippen LogP contribution in [0.2, 0.25) is 0 Å². The largest absolute Gasteiger partial charge is 0.466 e. The van der Waals surface area contributed by atoms with Gasteiger partial charge in [-0.1, -0.05) is 12.1 Å². The SMILES string of the molecule is CCOC(=O)CCc1ccc(-n2cc(C)cn2)c(C)c1. The van der Waals surface area contributed by atoms with Crippen LogP contribution in [0.5, 0.6) is 0 Å². The number of aromatic nitrogens is 2. The maximum Gasteiger partial charge on any atom is 0.306 e. The minimum atomic E-state index is -0.142. The number of rotatable bonds is 5. The highest BCUT2D eigenvalue weighted by Gasteiger charge is 2.06. The molecule has 2 rings (SSSR count). The van der Waals surface area contributed by atoms with Gasteiger partial charge in [-0.2, -0.15) is 5.10 Å². The number of hydrogen-bond acceptors (Lipinski definition) is 3. The van der Waals surface area contributed by atoms with Crippen LogP contribution in [0.1, 0.15) is 30.0 Å². The molecule has 0 aliphatic carbocycles. The summed E-state index contributed by atoms with van der Waals surface area (Å²) in [5.41, 5.74) is 4.49. The summed E-state index contributed by atoms with van der Waals surface area (Å²) in [7, 11) is 0. The molecular weight excluding hydrogens is 252 g/mol. The monoisotopic (exact) mass is 272 g/mol. The fourth-order valence-corrected chi connectivity index (χ4v) is 2.15. The molecule has 4 nitrogen and oxygen atoms in total. The summed E-state index contributed by atoms with van der Waals surface area (Å²) in [6, 6.07) is 6.19. The predicted molar refractivity (Wildman–Crippen MR) is 78.0 cm³/mol. The highest BCUT2D eigenvalue weighted by atomic mass is 16.5. The van der Waals surface area contributed by atoms with Crippen molar-refractivity contribution < 1.29 is 9.53 Å². The molecule has 1 heterocycles. The van der Waals surface area contributed by atoms with E-state index in [0.717, 1.165) is 22.4 Å². The van der Waals surface area contributed by atoms with E-state index < -0.39 is 0 Å². The van der Waals surface area contributed by atoms with Crippen LogP contribution in [0.4, 0.5) is 0 Å². The Balaban J connectivity index is 2.08. The van der Waals surface area contributed by atoms with Crippen LogP contribution in [0.3, 0.4) is 0 Å². The van der Waals surface area contributed by atoms with Crippen LogP contribution in [0.25, 0.3) is 5.69 Å². The van der Waals surface area contributed by atoms with Crippen molar-refractivity contribution in [2.75, 3.05) is 6.61 Å². The van der Waals surface area contributed by atoms with Gasteiger partial charge in [0.05, 0.1) is 18.5 Å². The van der Waals surface area contributed by atoms with E-state index >= 15 is 0 Å². The fraction of sp³-hybridized carbons (Fsp3) is 0.375. The van der Waals surface area contributed by atoms with Crippen molar-refractivity contribution >= 4 is 5.97 Å². The zero-order chi connectivity index (χ0) is 14.5. The second-order valence-corrected chi connectivity index (χ2v) is 4.89. The Morgan fingerprint density at radius 1 is 1.35 bits per heavy atom. The minimum Gasteiger partial charge on any atom is -0.466 e. The molecule has 106 valence electrons. The van der Waals surface area contributed by atoms with Gasteiger partial charge in [-0.25, -0.2) is 4.68 Å². The quantitative estimate of drug-likeness (QED) is 0.786. The molecule has 1 aromatic heterocycles. The molecule has 0 atom stereocenters. The standard InChI is InChI=1S/C16H20N2O2/c1-4-20-16(19)8-6-14-5-7-15(13(3)9-14)18-11-12(2)10-17-18/h5,7,9-11H,4,6,8H2,1-3H3. The molecule has 0 N–H and O–H groups in total. The van der Waals surface area contributed by atoms with Crippen LogP contribution in [0.15, 0.2) is 30.6 Å². The first-order valence-corrected chi connectivity index (χ1v) is 6.87. The van der Waals surface area contributed by atoms with Gasteiger partial charge in [0.1, 0.15) is 0 Å². The second-order valence-electron chi connectivity index (χ2n) is 4.89. The normalized spacial score (nSPS) is 10.6. The van der Waals surface area contributed by atoms with Crippen molar-refractivity contribution in [3.05, 3.63) is 47.3 Å². The molecule has 0 fully saturated rings. The van der Waals surface area contributed by atoms with Gasteiger partial charge in [-0.3, -0.25) is 4.79 Å². The van der Waals surface area contributed by atoms with E-state index in [1.807, 2.05) is 43.1 Å². The third kappa shape index (κ3) is 3.47. The number of benzene rings is 1. The predicted octanol–water partition coefficient (Wildman–Crippen LogP) is 2.98. The van der Waals surface area contributed by atoms with Crippen molar-refractivity contribution in [1.29, 1.82) is 0 Å². The third-order valence-corrected chi connectivity index (χ3v) is 3.14. The van der Waals surface area contributed by atoms with Gasteiger partial charge in [0.2, 0.25) is 0 Å². The maximum absolute atomic E-state index is 11.4. The lowest BCUT2D eigenvalue weighted by molar-refractivity contribution is -0.143. The van der Waals surface area contributed by atoms with Crippen molar-refractivity contribution in [3.8, 4) is 5.69 Å². The molecule has 0 spiro atoms. The van der Waals surface area contributed by atoms with Crippen molar-refractivity contribution in [2.24, 2.45) is 0 Å². The van der Waals surface area contributed by atoms with Crippen molar-refractivity contribution in [2.45, 2.75) is 33.6 Å². The smallest absolute Gasteiger partial charge is 0.306 e. The summed E-state index contributed by atoms with van der Waals surface area (Å²) in [6.45, 7) is 6.34. The number of ether oxygens (including phenoxy) is 1. The summed E-state index contributed by atoms with van der Waals surface area (Å²) in [5, 5.41) is 4.32. The Morgan fingerprint density at radius 3 is 2.75 bits per heavy atom. The molecule has 0 amide bonds. The Kier molecular flexibility index (Phi) is 4.56. The Hall–Kier alpha value is -2.10. The van der Waals surface area contributed by atoms with Gasteiger partial charge in [0, 0.05) is 12.6 Å². The first-order valence-electron chi connectivity index (χ1n) is 6.87. The molecule has 2 aromatic rings. The number of carbonyl (C=O) groups is 1. The summed E-state index contributed by atoms with van der Waals surface area (Å²) in [4.78, 5) is 11.4. The van der Waals surface area contributed by atoms with Gasteiger partial charge < -0.3 is 4.74 Å². The maximum atomic E-state index is 11.4. The lowest BCUT2D eigenvalue weighted by Crippen LogP contribution is -2.05. The number of carbonyl (C=O) groups excluding carboxylic acids is 1. The summed E-state index contributed by atoms with van der Waals surface area (Å²) in [6.07, 6.45) is 4.97. The lowest BCUT2D eigenvalue weighted by Gasteiger charge is -2.08. The Labute approximate surface area is 119 Å². The Bertz CT molecular complexity index is 602. The molecule has 0 aliphatic rings. The van der Waals surface area contributed by atoms with E-state index in [4.69, 9.17) is 4.74 Å². The zero-order valence-electron chi connectivity index (χ0n) is 12.2. The molecule has 0 bridgehead atoms. The topological polar surface area (TPSA) is 44.1 Å². The van der Waals surface area contributed by atoms with Gasteiger partial charge in [0.15, 0.2) is 0 Å². The molecule has 0 unspecified atom stereocenters. The zero-order valence-corrected chi connectivity index (χ0v) is 12.2. The second kappa shape index (κ2) is 6.37. The molecule has 0 saturated heterocycles. The first-order chi connectivity index (χ1) is 9.60. The molecule has 0 aliphatic heterocycles. The number of nitrogens with zero attached hydrogens (tertiary/aromatic N) is 2. The van der Waals surface area contributed by atoms with E-state index in [-0.39, 0.29) is 5.97 Å².